The molecule has 2 unspecified atom stereocenters. The number of aromatic nitrogens is 1. The van der Waals surface area contributed by atoms with E-state index in [0.29, 0.717) is 28.6 Å². The summed E-state index contributed by atoms with van der Waals surface area (Å²) in [6, 6.07) is 16.2. The van der Waals surface area contributed by atoms with E-state index < -0.39 is 22.7 Å². The van der Waals surface area contributed by atoms with Crippen molar-refractivity contribution in [1.29, 1.82) is 0 Å². The number of rotatable bonds is 8. The minimum Gasteiger partial charge on any atom is -0.465 e. The highest BCUT2D eigenvalue weighted by Crippen LogP contribution is 2.47. The molecule has 0 aliphatic carbocycles. The molecule has 4 rings (SSSR count). The van der Waals surface area contributed by atoms with Gasteiger partial charge >= 0.3 is 5.97 Å². The van der Waals surface area contributed by atoms with Crippen molar-refractivity contribution in [2.45, 2.75) is 33.0 Å². The summed E-state index contributed by atoms with van der Waals surface area (Å²) in [7, 11) is 0. The lowest BCUT2D eigenvalue weighted by Crippen LogP contribution is -2.33. The van der Waals surface area contributed by atoms with Crippen LogP contribution < -0.4 is 0 Å². The van der Waals surface area contributed by atoms with Crippen LogP contribution in [0.2, 0.25) is 0 Å². The van der Waals surface area contributed by atoms with E-state index in [4.69, 9.17) is 9.47 Å². The smallest absolute Gasteiger partial charge is 0.315 e. The Hall–Kier alpha value is -3.43. The lowest BCUT2D eigenvalue weighted by atomic mass is 9.76. The van der Waals surface area contributed by atoms with Gasteiger partial charge in [-0.25, -0.2) is 4.99 Å². The molecule has 8 nitrogen and oxygen atoms in total. The highest BCUT2D eigenvalue weighted by atomic mass is 32.1. The van der Waals surface area contributed by atoms with Crippen molar-refractivity contribution >= 4 is 33.9 Å². The predicted octanol–water partition coefficient (Wildman–Crippen LogP) is 5.19. The third-order valence-electron chi connectivity index (χ3n) is 5.49. The maximum atomic E-state index is 13.0. The Morgan fingerprint density at radius 2 is 1.94 bits per heavy atom. The summed E-state index contributed by atoms with van der Waals surface area (Å²) in [6.45, 7) is 4.40. The van der Waals surface area contributed by atoms with Crippen LogP contribution >= 0.6 is 11.5 Å². The minimum absolute atomic E-state index is 0.0399. The number of nitrogens with zero attached hydrogens (tertiary/aromatic N) is 3. The molecule has 2 atom stereocenters. The van der Waals surface area contributed by atoms with Gasteiger partial charge in [-0.3, -0.25) is 14.9 Å². The number of non-ortho nitro benzene ring substituents is 1. The number of ether oxygens (including phenoxy) is 2. The zero-order chi connectivity index (χ0) is 23.4. The Bertz CT molecular complexity index is 1190. The standard InChI is InChI=1S/C24H23N3O5S/c1-3-32-24(28)20-15(2)25-23-22(21(20)17-10-7-11-18(12-17)27(29)30)19(26-33-23)14-31-13-16-8-5-4-6-9-16/h4-12,20-21H,3,13-14H2,1-2H3. The largest absolute Gasteiger partial charge is 0.465 e. The third-order valence-corrected chi connectivity index (χ3v) is 6.28. The first kappa shape index (κ1) is 22.8. The molecule has 2 aromatic carbocycles. The summed E-state index contributed by atoms with van der Waals surface area (Å²) in [6.07, 6.45) is 0. The highest BCUT2D eigenvalue weighted by molar-refractivity contribution is 7.10. The van der Waals surface area contributed by atoms with Crippen molar-refractivity contribution < 1.29 is 19.2 Å². The summed E-state index contributed by atoms with van der Waals surface area (Å²) in [4.78, 5) is 28.6. The fraction of sp³-hybridized carbons (Fsp3) is 0.292. The van der Waals surface area contributed by atoms with Crippen LogP contribution in [0.5, 0.6) is 0 Å². The summed E-state index contributed by atoms with van der Waals surface area (Å²) < 4.78 is 15.8. The normalized spacial score (nSPS) is 17.2. The number of benzene rings is 2. The molecular formula is C24H23N3O5S. The topological polar surface area (TPSA) is 104 Å². The Balaban J connectivity index is 1.73. The SMILES string of the molecule is CCOC(=O)C1C(C)=Nc2snc(COCc3ccccc3)c2C1c1cccc([N+](=O)[O-])c1. The molecule has 0 bridgehead atoms. The second-order valence-corrected chi connectivity index (χ2v) is 8.39. The Kier molecular flexibility index (Phi) is 6.90. The minimum atomic E-state index is -0.705. The zero-order valence-electron chi connectivity index (χ0n) is 18.3. The number of esters is 1. The highest BCUT2D eigenvalue weighted by Gasteiger charge is 2.41. The van der Waals surface area contributed by atoms with E-state index in [0.717, 1.165) is 11.1 Å². The molecule has 1 aliphatic heterocycles. The van der Waals surface area contributed by atoms with Crippen LogP contribution in [0.1, 0.15) is 42.1 Å². The van der Waals surface area contributed by atoms with Gasteiger partial charge in [0.25, 0.3) is 5.69 Å². The Morgan fingerprint density at radius 3 is 2.67 bits per heavy atom. The summed E-state index contributed by atoms with van der Waals surface area (Å²) >= 11 is 1.23. The van der Waals surface area contributed by atoms with Gasteiger partial charge in [0.1, 0.15) is 10.9 Å². The second-order valence-electron chi connectivity index (χ2n) is 7.64. The van der Waals surface area contributed by atoms with Gasteiger partial charge < -0.3 is 9.47 Å². The number of hydrogen-bond donors (Lipinski definition) is 0. The van der Waals surface area contributed by atoms with Crippen molar-refractivity contribution in [2.75, 3.05) is 6.61 Å². The molecule has 170 valence electrons. The number of hydrogen-bond acceptors (Lipinski definition) is 8. The predicted molar refractivity (Wildman–Crippen MR) is 125 cm³/mol. The van der Waals surface area contributed by atoms with Crippen LogP contribution in [0.3, 0.4) is 0 Å². The fourth-order valence-electron chi connectivity index (χ4n) is 4.02. The van der Waals surface area contributed by atoms with E-state index in [1.54, 1.807) is 26.0 Å². The molecular weight excluding hydrogens is 442 g/mol. The van der Waals surface area contributed by atoms with Gasteiger partial charge in [-0.2, -0.15) is 4.37 Å². The van der Waals surface area contributed by atoms with Crippen LogP contribution in [-0.2, 0) is 27.5 Å². The number of nitro benzene ring substituents is 1. The second kappa shape index (κ2) is 10.0. The third kappa shape index (κ3) is 4.84. The first-order valence-corrected chi connectivity index (χ1v) is 11.3. The van der Waals surface area contributed by atoms with Gasteiger partial charge in [-0.15, -0.1) is 0 Å². The molecule has 1 aliphatic rings. The van der Waals surface area contributed by atoms with E-state index in [9.17, 15) is 14.9 Å². The van der Waals surface area contributed by atoms with Crippen molar-refractivity contribution in [2.24, 2.45) is 10.9 Å². The monoisotopic (exact) mass is 465 g/mol. The fourth-order valence-corrected chi connectivity index (χ4v) is 4.90. The number of carbonyl (C=O) groups is 1. The van der Waals surface area contributed by atoms with Crippen molar-refractivity contribution in [3.63, 3.8) is 0 Å². The van der Waals surface area contributed by atoms with Gasteiger partial charge in [-0.1, -0.05) is 42.5 Å². The number of carbonyl (C=O) groups excluding carboxylic acids is 1. The molecule has 0 saturated carbocycles. The summed E-state index contributed by atoms with van der Waals surface area (Å²) in [5.41, 5.74) is 3.67. The molecule has 0 spiro atoms. The zero-order valence-corrected chi connectivity index (χ0v) is 19.1. The average Bonchev–Trinajstić information content (AvgIpc) is 3.21. The van der Waals surface area contributed by atoms with Crippen LogP contribution in [-0.4, -0.2) is 27.6 Å². The lowest BCUT2D eigenvalue weighted by Gasteiger charge is -2.29. The summed E-state index contributed by atoms with van der Waals surface area (Å²) in [5, 5.41) is 12.1. The maximum absolute atomic E-state index is 13.0. The van der Waals surface area contributed by atoms with Gasteiger partial charge in [0.2, 0.25) is 0 Å². The van der Waals surface area contributed by atoms with Crippen molar-refractivity contribution in [1.82, 2.24) is 4.37 Å². The van der Waals surface area contributed by atoms with E-state index in [1.165, 1.54) is 23.7 Å². The number of fused-ring (bicyclic) bond motifs is 1. The molecule has 0 saturated heterocycles. The van der Waals surface area contributed by atoms with E-state index in [-0.39, 0.29) is 18.9 Å². The molecule has 0 radical (unpaired) electrons. The molecule has 33 heavy (non-hydrogen) atoms. The molecule has 9 heteroatoms. The average molecular weight is 466 g/mol. The Morgan fingerprint density at radius 1 is 1.15 bits per heavy atom. The van der Waals surface area contributed by atoms with Gasteiger partial charge in [-0.05, 0) is 36.5 Å². The number of nitro groups is 1. The lowest BCUT2D eigenvalue weighted by molar-refractivity contribution is -0.384. The molecule has 0 amide bonds. The first-order chi connectivity index (χ1) is 16.0. The van der Waals surface area contributed by atoms with E-state index in [1.807, 2.05) is 30.3 Å². The molecule has 2 heterocycles. The molecule has 0 N–H and O–H groups in total. The molecule has 1 aromatic heterocycles. The van der Waals surface area contributed by atoms with Crippen LogP contribution in [0.15, 0.2) is 59.6 Å². The van der Waals surface area contributed by atoms with Crippen LogP contribution in [0.4, 0.5) is 10.7 Å². The maximum Gasteiger partial charge on any atom is 0.315 e. The van der Waals surface area contributed by atoms with E-state index >= 15 is 0 Å². The molecule has 3 aromatic rings. The van der Waals surface area contributed by atoms with Crippen LogP contribution in [0, 0.1) is 16.0 Å². The quantitative estimate of drug-likeness (QED) is 0.258. The molecule has 0 fully saturated rings. The number of aliphatic imine (C=N–C) groups is 1. The summed E-state index contributed by atoms with van der Waals surface area (Å²) in [5.74, 6) is -1.63. The Labute approximate surface area is 195 Å². The van der Waals surface area contributed by atoms with Crippen molar-refractivity contribution in [3.05, 3.63) is 87.1 Å². The van der Waals surface area contributed by atoms with E-state index in [2.05, 4.69) is 9.37 Å². The van der Waals surface area contributed by atoms with Crippen LogP contribution in [0.25, 0.3) is 0 Å². The first-order valence-electron chi connectivity index (χ1n) is 10.6. The van der Waals surface area contributed by atoms with Gasteiger partial charge in [0.05, 0.1) is 30.4 Å². The van der Waals surface area contributed by atoms with Crippen molar-refractivity contribution in [3.8, 4) is 0 Å². The van der Waals surface area contributed by atoms with Gasteiger partial charge in [0, 0.05) is 29.3 Å². The van der Waals surface area contributed by atoms with Gasteiger partial charge in [0.15, 0.2) is 0 Å².